The number of nitrogens with two attached hydrogens (primary N) is 1. The molecule has 0 radical (unpaired) electrons. The fourth-order valence-corrected chi connectivity index (χ4v) is 2.62. The first-order valence-electron chi connectivity index (χ1n) is 7.10. The van der Waals surface area contributed by atoms with Crippen molar-refractivity contribution in [2.45, 2.75) is 19.3 Å². The fraction of sp³-hybridized carbons (Fsp3) is 0.438. The number of rotatable bonds is 6. The maximum absolute atomic E-state index is 6.24. The van der Waals surface area contributed by atoms with E-state index in [1.165, 1.54) is 12.8 Å². The summed E-state index contributed by atoms with van der Waals surface area (Å²) in [6.45, 7) is 1.80. The molecule has 0 unspecified atom stereocenters. The molecule has 0 amide bonds. The highest BCUT2D eigenvalue weighted by Crippen LogP contribution is 2.49. The number of nitrogens with one attached hydrogen (secondary N) is 1. The van der Waals surface area contributed by atoms with Gasteiger partial charge >= 0.3 is 0 Å². The highest BCUT2D eigenvalue weighted by atomic mass is 16.5. The van der Waals surface area contributed by atoms with Crippen LogP contribution in [0.15, 0.2) is 30.5 Å². The van der Waals surface area contributed by atoms with Gasteiger partial charge in [0.25, 0.3) is 0 Å². The van der Waals surface area contributed by atoms with Gasteiger partial charge in [0.15, 0.2) is 0 Å². The van der Waals surface area contributed by atoms with E-state index in [1.54, 1.807) is 13.3 Å². The maximum atomic E-state index is 6.24. The fourth-order valence-electron chi connectivity index (χ4n) is 2.62. The number of nitrogens with zero attached hydrogens (tertiary/aromatic N) is 1. The molecule has 106 valence electrons. The topological polar surface area (TPSA) is 60.2 Å². The van der Waals surface area contributed by atoms with Crippen molar-refractivity contribution in [1.29, 1.82) is 0 Å². The van der Waals surface area contributed by atoms with Gasteiger partial charge in [0.2, 0.25) is 0 Å². The molecular formula is C16H21N3O. The van der Waals surface area contributed by atoms with Crippen LogP contribution in [0, 0.1) is 5.41 Å². The summed E-state index contributed by atoms with van der Waals surface area (Å²) in [5, 5.41) is 4.52. The Morgan fingerprint density at radius 3 is 2.95 bits per heavy atom. The van der Waals surface area contributed by atoms with E-state index in [0.717, 1.165) is 41.9 Å². The number of aromatic nitrogens is 1. The molecule has 1 aliphatic carbocycles. The molecule has 0 aliphatic heterocycles. The Kier molecular flexibility index (Phi) is 3.49. The van der Waals surface area contributed by atoms with Crippen molar-refractivity contribution in [2.75, 3.05) is 31.3 Å². The molecule has 0 atom stereocenters. The highest BCUT2D eigenvalue weighted by Gasteiger charge is 2.41. The molecule has 0 bridgehead atoms. The van der Waals surface area contributed by atoms with Gasteiger partial charge in [-0.25, -0.2) is 0 Å². The van der Waals surface area contributed by atoms with E-state index in [4.69, 9.17) is 10.5 Å². The molecule has 20 heavy (non-hydrogen) atoms. The van der Waals surface area contributed by atoms with E-state index in [-0.39, 0.29) is 0 Å². The normalized spacial score (nSPS) is 16.2. The van der Waals surface area contributed by atoms with Gasteiger partial charge in [0.05, 0.1) is 16.9 Å². The van der Waals surface area contributed by atoms with E-state index in [9.17, 15) is 0 Å². The van der Waals surface area contributed by atoms with Crippen molar-refractivity contribution in [1.82, 2.24) is 4.98 Å². The molecule has 1 aliphatic rings. The third kappa shape index (κ3) is 2.56. The first kappa shape index (κ1) is 13.2. The summed E-state index contributed by atoms with van der Waals surface area (Å²) in [5.74, 6) is 0. The molecule has 1 aromatic heterocycles. The summed E-state index contributed by atoms with van der Waals surface area (Å²) in [6, 6.07) is 7.98. The Balaban J connectivity index is 1.73. The van der Waals surface area contributed by atoms with Gasteiger partial charge in [0, 0.05) is 31.8 Å². The third-order valence-electron chi connectivity index (χ3n) is 4.27. The second-order valence-electron chi connectivity index (χ2n) is 5.69. The lowest BCUT2D eigenvalue weighted by Crippen LogP contribution is -2.18. The number of hydrogen-bond donors (Lipinski definition) is 2. The van der Waals surface area contributed by atoms with E-state index in [0.29, 0.717) is 5.41 Å². The number of pyridine rings is 1. The van der Waals surface area contributed by atoms with E-state index in [1.807, 2.05) is 24.3 Å². The van der Waals surface area contributed by atoms with Crippen LogP contribution in [0.2, 0.25) is 0 Å². The molecule has 4 heteroatoms. The number of hydrogen-bond acceptors (Lipinski definition) is 4. The summed E-state index contributed by atoms with van der Waals surface area (Å²) in [7, 11) is 1.76. The molecule has 1 saturated carbocycles. The smallest absolute Gasteiger partial charge is 0.0724 e. The van der Waals surface area contributed by atoms with Crippen molar-refractivity contribution in [2.24, 2.45) is 5.41 Å². The van der Waals surface area contributed by atoms with E-state index in [2.05, 4.69) is 10.3 Å². The van der Waals surface area contributed by atoms with Gasteiger partial charge in [0.1, 0.15) is 0 Å². The molecule has 3 N–H and O–H groups in total. The molecule has 1 fully saturated rings. The summed E-state index contributed by atoms with van der Waals surface area (Å²) in [6.07, 6.45) is 5.46. The Hall–Kier alpha value is -1.81. The Labute approximate surface area is 119 Å². The summed E-state index contributed by atoms with van der Waals surface area (Å²) < 4.78 is 5.19. The first-order chi connectivity index (χ1) is 9.74. The number of methoxy groups -OCH3 is 1. The van der Waals surface area contributed by atoms with Crippen LogP contribution in [-0.4, -0.2) is 25.2 Å². The van der Waals surface area contributed by atoms with Crippen LogP contribution in [0.5, 0.6) is 0 Å². The highest BCUT2D eigenvalue weighted by molar-refractivity contribution is 5.96. The molecule has 0 saturated heterocycles. The molecule has 3 rings (SSSR count). The quantitative estimate of drug-likeness (QED) is 0.793. The largest absolute Gasteiger partial charge is 0.397 e. The van der Waals surface area contributed by atoms with Crippen LogP contribution in [0.1, 0.15) is 19.3 Å². The van der Waals surface area contributed by atoms with Gasteiger partial charge in [-0.3, -0.25) is 4.98 Å². The van der Waals surface area contributed by atoms with Crippen molar-refractivity contribution in [3.63, 3.8) is 0 Å². The molecular weight excluding hydrogens is 250 g/mol. The molecule has 1 aromatic carbocycles. The van der Waals surface area contributed by atoms with Crippen LogP contribution < -0.4 is 11.1 Å². The lowest BCUT2D eigenvalue weighted by Gasteiger charge is -2.18. The standard InChI is InChI=1S/C16H21N3O/c1-20-10-8-16(6-7-16)11-19-14-5-4-13-12(15(14)17)3-2-9-18-13/h2-5,9,19H,6-8,10-11,17H2,1H3. The monoisotopic (exact) mass is 271 g/mol. The van der Waals surface area contributed by atoms with Crippen molar-refractivity contribution in [3.8, 4) is 0 Å². The maximum Gasteiger partial charge on any atom is 0.0724 e. The minimum absolute atomic E-state index is 0.409. The minimum atomic E-state index is 0.409. The zero-order chi connectivity index (χ0) is 14.0. The SMILES string of the molecule is COCCC1(CNc2ccc3ncccc3c2N)CC1. The zero-order valence-corrected chi connectivity index (χ0v) is 11.9. The predicted octanol–water partition coefficient (Wildman–Crippen LogP) is 3.05. The lowest BCUT2D eigenvalue weighted by atomic mass is 10.0. The summed E-state index contributed by atoms with van der Waals surface area (Å²) in [4.78, 5) is 4.32. The molecule has 2 aromatic rings. The van der Waals surface area contributed by atoms with E-state index < -0.39 is 0 Å². The molecule has 1 heterocycles. The van der Waals surface area contributed by atoms with Gasteiger partial charge in [-0.1, -0.05) is 0 Å². The van der Waals surface area contributed by atoms with Crippen LogP contribution in [-0.2, 0) is 4.74 Å². The van der Waals surface area contributed by atoms with Crippen molar-refractivity contribution < 1.29 is 4.74 Å². The number of ether oxygens (including phenoxy) is 1. The van der Waals surface area contributed by atoms with Gasteiger partial charge in [-0.05, 0) is 48.9 Å². The predicted molar refractivity (Wildman–Crippen MR) is 82.8 cm³/mol. The zero-order valence-electron chi connectivity index (χ0n) is 11.9. The van der Waals surface area contributed by atoms with Crippen LogP contribution in [0.25, 0.3) is 10.9 Å². The van der Waals surface area contributed by atoms with E-state index >= 15 is 0 Å². The van der Waals surface area contributed by atoms with Gasteiger partial charge < -0.3 is 15.8 Å². The second-order valence-corrected chi connectivity index (χ2v) is 5.69. The molecule has 0 spiro atoms. The summed E-state index contributed by atoms with van der Waals surface area (Å²) in [5.41, 5.74) is 9.39. The Morgan fingerprint density at radius 2 is 2.20 bits per heavy atom. The average Bonchev–Trinajstić information content (AvgIpc) is 3.25. The minimum Gasteiger partial charge on any atom is -0.397 e. The van der Waals surface area contributed by atoms with Crippen LogP contribution in [0.4, 0.5) is 11.4 Å². The number of anilines is 2. The molecule has 4 nitrogen and oxygen atoms in total. The van der Waals surface area contributed by atoms with Crippen LogP contribution >= 0.6 is 0 Å². The van der Waals surface area contributed by atoms with Gasteiger partial charge in [-0.2, -0.15) is 0 Å². The number of benzene rings is 1. The number of fused-ring (bicyclic) bond motifs is 1. The van der Waals surface area contributed by atoms with Crippen molar-refractivity contribution >= 4 is 22.3 Å². The Bertz CT molecular complexity index is 608. The second kappa shape index (κ2) is 5.29. The number of nitrogen functional groups attached to an aromatic ring is 1. The van der Waals surface area contributed by atoms with Crippen molar-refractivity contribution in [3.05, 3.63) is 30.5 Å². The Morgan fingerprint density at radius 1 is 1.35 bits per heavy atom. The lowest BCUT2D eigenvalue weighted by molar-refractivity contribution is 0.175. The average molecular weight is 271 g/mol. The van der Waals surface area contributed by atoms with Crippen LogP contribution in [0.3, 0.4) is 0 Å². The summed E-state index contributed by atoms with van der Waals surface area (Å²) >= 11 is 0. The van der Waals surface area contributed by atoms with Gasteiger partial charge in [-0.15, -0.1) is 0 Å². The first-order valence-corrected chi connectivity index (χ1v) is 7.10. The third-order valence-corrected chi connectivity index (χ3v) is 4.27.